The van der Waals surface area contributed by atoms with Gasteiger partial charge in [-0.2, -0.15) is 0 Å². The number of carbonyl (C=O) groups is 2. The van der Waals surface area contributed by atoms with Crippen LogP contribution in [0.1, 0.15) is 29.2 Å². The van der Waals surface area contributed by atoms with Gasteiger partial charge in [0.2, 0.25) is 0 Å². The summed E-state index contributed by atoms with van der Waals surface area (Å²) < 4.78 is 5.53. The maximum absolute atomic E-state index is 12.5. The zero-order valence-corrected chi connectivity index (χ0v) is 18.9. The predicted molar refractivity (Wildman–Crippen MR) is 126 cm³/mol. The van der Waals surface area contributed by atoms with E-state index in [1.165, 1.54) is 16.8 Å². The summed E-state index contributed by atoms with van der Waals surface area (Å²) in [5.41, 5.74) is 5.50. The van der Waals surface area contributed by atoms with Crippen LogP contribution in [0.4, 0.5) is 11.4 Å². The van der Waals surface area contributed by atoms with Gasteiger partial charge in [-0.3, -0.25) is 14.5 Å². The second-order valence-electron chi connectivity index (χ2n) is 8.61. The van der Waals surface area contributed by atoms with Gasteiger partial charge in [-0.15, -0.1) is 0 Å². The summed E-state index contributed by atoms with van der Waals surface area (Å²) in [5.74, 6) is -1.27. The minimum atomic E-state index is -0.651. The highest BCUT2D eigenvalue weighted by Gasteiger charge is 2.26. The Morgan fingerprint density at radius 2 is 1.78 bits per heavy atom. The number of aryl methyl sites for hydroxylation is 2. The first-order chi connectivity index (χ1) is 15.5. The van der Waals surface area contributed by atoms with E-state index in [1.54, 1.807) is 12.1 Å². The Labute approximate surface area is 189 Å². The lowest BCUT2D eigenvalue weighted by Gasteiger charge is -2.36. The quantitative estimate of drug-likeness (QED) is 0.705. The van der Waals surface area contributed by atoms with E-state index in [-0.39, 0.29) is 6.04 Å². The van der Waals surface area contributed by atoms with Crippen molar-refractivity contribution in [2.45, 2.75) is 25.8 Å². The predicted octanol–water partition coefficient (Wildman–Crippen LogP) is 2.51. The SMILES string of the molecule is Cc1ccc(NC(=O)C(=O)NCC(c2ccc3c(c2)CCCN3C)N2CCOCC2)cc1. The van der Waals surface area contributed by atoms with E-state index in [0.29, 0.717) is 25.4 Å². The highest BCUT2D eigenvalue weighted by Crippen LogP contribution is 2.30. The van der Waals surface area contributed by atoms with Crippen LogP contribution >= 0.6 is 0 Å². The number of amides is 2. The van der Waals surface area contributed by atoms with E-state index >= 15 is 0 Å². The summed E-state index contributed by atoms with van der Waals surface area (Å²) in [5, 5.41) is 5.52. The molecule has 1 fully saturated rings. The van der Waals surface area contributed by atoms with Gasteiger partial charge < -0.3 is 20.3 Å². The number of nitrogens with zero attached hydrogens (tertiary/aromatic N) is 2. The van der Waals surface area contributed by atoms with Crippen LogP contribution in [0.15, 0.2) is 42.5 Å². The smallest absolute Gasteiger partial charge is 0.313 e. The fourth-order valence-corrected chi connectivity index (χ4v) is 4.45. The average molecular weight is 437 g/mol. The molecule has 7 heteroatoms. The fraction of sp³-hybridized carbons (Fsp3) is 0.440. The Morgan fingerprint density at radius 3 is 2.53 bits per heavy atom. The molecule has 4 rings (SSSR count). The Hall–Kier alpha value is -2.90. The number of rotatable bonds is 5. The standard InChI is InChI=1S/C25H32N4O3/c1-18-5-8-21(9-6-18)27-25(31)24(30)26-17-23(29-12-14-32-15-13-29)20-7-10-22-19(16-20)4-3-11-28(22)2/h5-10,16,23H,3-4,11-15,17H2,1-2H3,(H,26,30)(H,27,31). The molecule has 0 saturated carbocycles. The van der Waals surface area contributed by atoms with Gasteiger partial charge >= 0.3 is 11.8 Å². The van der Waals surface area contributed by atoms with Crippen molar-refractivity contribution in [3.63, 3.8) is 0 Å². The van der Waals surface area contributed by atoms with Crippen LogP contribution in [0, 0.1) is 6.92 Å². The van der Waals surface area contributed by atoms with Crippen molar-refractivity contribution in [2.24, 2.45) is 0 Å². The summed E-state index contributed by atoms with van der Waals surface area (Å²) >= 11 is 0. The number of morpholine rings is 1. The number of hydrogen-bond acceptors (Lipinski definition) is 5. The third-order valence-corrected chi connectivity index (χ3v) is 6.30. The van der Waals surface area contributed by atoms with E-state index in [0.717, 1.165) is 38.0 Å². The van der Waals surface area contributed by atoms with Gasteiger partial charge in [0.15, 0.2) is 0 Å². The lowest BCUT2D eigenvalue weighted by atomic mass is 9.95. The molecule has 2 amide bonds. The number of ether oxygens (including phenoxy) is 1. The van der Waals surface area contributed by atoms with Crippen LogP contribution in [0.25, 0.3) is 0 Å². The zero-order valence-electron chi connectivity index (χ0n) is 18.9. The first kappa shape index (κ1) is 22.3. The molecule has 7 nitrogen and oxygen atoms in total. The highest BCUT2D eigenvalue weighted by molar-refractivity contribution is 6.39. The molecule has 2 aromatic carbocycles. The molecule has 2 aliphatic rings. The molecule has 32 heavy (non-hydrogen) atoms. The topological polar surface area (TPSA) is 73.9 Å². The Bertz CT molecular complexity index is 954. The third kappa shape index (κ3) is 5.29. The number of fused-ring (bicyclic) bond motifs is 1. The van der Waals surface area contributed by atoms with Crippen LogP contribution < -0.4 is 15.5 Å². The van der Waals surface area contributed by atoms with Gasteiger partial charge in [0.25, 0.3) is 0 Å². The summed E-state index contributed by atoms with van der Waals surface area (Å²) in [6, 6.07) is 14.0. The Balaban J connectivity index is 1.45. The van der Waals surface area contributed by atoms with Crippen molar-refractivity contribution < 1.29 is 14.3 Å². The maximum Gasteiger partial charge on any atom is 0.313 e. The lowest BCUT2D eigenvalue weighted by Crippen LogP contribution is -2.45. The summed E-state index contributed by atoms with van der Waals surface area (Å²) in [6.07, 6.45) is 2.21. The molecule has 2 N–H and O–H groups in total. The van der Waals surface area contributed by atoms with Crippen LogP contribution in [0.5, 0.6) is 0 Å². The second kappa shape index (κ2) is 10.1. The number of carbonyl (C=O) groups excluding carboxylic acids is 2. The van der Waals surface area contributed by atoms with Crippen molar-refractivity contribution >= 4 is 23.2 Å². The molecule has 0 aliphatic carbocycles. The summed E-state index contributed by atoms with van der Waals surface area (Å²) in [6.45, 7) is 6.36. The lowest BCUT2D eigenvalue weighted by molar-refractivity contribution is -0.136. The summed E-state index contributed by atoms with van der Waals surface area (Å²) in [7, 11) is 2.13. The first-order valence-corrected chi connectivity index (χ1v) is 11.3. The highest BCUT2D eigenvalue weighted by atomic mass is 16.5. The van der Waals surface area contributed by atoms with Gasteiger partial charge in [-0.05, 0) is 49.1 Å². The van der Waals surface area contributed by atoms with Gasteiger partial charge in [0.05, 0.1) is 19.3 Å². The minimum Gasteiger partial charge on any atom is -0.379 e. The fourth-order valence-electron chi connectivity index (χ4n) is 4.45. The van der Waals surface area contributed by atoms with E-state index < -0.39 is 11.8 Å². The molecule has 1 saturated heterocycles. The Morgan fingerprint density at radius 1 is 1.03 bits per heavy atom. The second-order valence-corrected chi connectivity index (χ2v) is 8.61. The average Bonchev–Trinajstić information content (AvgIpc) is 2.81. The van der Waals surface area contributed by atoms with Gasteiger partial charge in [0, 0.05) is 44.6 Å². The van der Waals surface area contributed by atoms with E-state index in [2.05, 4.69) is 45.7 Å². The number of anilines is 2. The molecule has 170 valence electrons. The molecule has 0 bridgehead atoms. The zero-order chi connectivity index (χ0) is 22.5. The van der Waals surface area contributed by atoms with Crippen LogP contribution in [-0.2, 0) is 20.7 Å². The summed E-state index contributed by atoms with van der Waals surface area (Å²) in [4.78, 5) is 29.5. The van der Waals surface area contributed by atoms with Crippen LogP contribution in [0.2, 0.25) is 0 Å². The van der Waals surface area contributed by atoms with Gasteiger partial charge in [-0.25, -0.2) is 0 Å². The molecule has 2 aliphatic heterocycles. The molecule has 2 aromatic rings. The molecular weight excluding hydrogens is 404 g/mol. The Kier molecular flexibility index (Phi) is 7.07. The third-order valence-electron chi connectivity index (χ3n) is 6.30. The van der Waals surface area contributed by atoms with Crippen LogP contribution in [-0.4, -0.2) is 63.2 Å². The minimum absolute atomic E-state index is 0.00689. The monoisotopic (exact) mass is 436 g/mol. The first-order valence-electron chi connectivity index (χ1n) is 11.3. The molecule has 2 heterocycles. The van der Waals surface area contributed by atoms with Crippen molar-refractivity contribution in [3.05, 3.63) is 59.2 Å². The van der Waals surface area contributed by atoms with E-state index in [1.807, 2.05) is 19.1 Å². The molecule has 0 aromatic heterocycles. The van der Waals surface area contributed by atoms with Crippen molar-refractivity contribution in [3.8, 4) is 0 Å². The number of hydrogen-bond donors (Lipinski definition) is 2. The van der Waals surface area contributed by atoms with Gasteiger partial charge in [0.1, 0.15) is 0 Å². The largest absolute Gasteiger partial charge is 0.379 e. The normalized spacial score (nSPS) is 17.4. The maximum atomic E-state index is 12.5. The number of nitrogens with one attached hydrogen (secondary N) is 2. The van der Waals surface area contributed by atoms with E-state index in [9.17, 15) is 9.59 Å². The van der Waals surface area contributed by atoms with Crippen molar-refractivity contribution in [1.29, 1.82) is 0 Å². The molecule has 0 radical (unpaired) electrons. The van der Waals surface area contributed by atoms with Gasteiger partial charge in [-0.1, -0.05) is 29.8 Å². The van der Waals surface area contributed by atoms with E-state index in [4.69, 9.17) is 4.74 Å². The molecular formula is C25H32N4O3. The molecule has 1 atom stereocenters. The molecule has 1 unspecified atom stereocenters. The van der Waals surface area contributed by atoms with Crippen molar-refractivity contribution in [1.82, 2.24) is 10.2 Å². The van der Waals surface area contributed by atoms with Crippen molar-refractivity contribution in [2.75, 3.05) is 56.7 Å². The molecule has 0 spiro atoms. The van der Waals surface area contributed by atoms with Crippen LogP contribution in [0.3, 0.4) is 0 Å². The number of benzene rings is 2.